The van der Waals surface area contributed by atoms with Gasteiger partial charge in [-0.25, -0.2) is 13.9 Å². The molecule has 0 bridgehead atoms. The minimum absolute atomic E-state index is 0.000644. The molecule has 1 aliphatic heterocycles. The van der Waals surface area contributed by atoms with Crippen molar-refractivity contribution in [1.82, 2.24) is 9.55 Å². The lowest BCUT2D eigenvalue weighted by atomic mass is 10.0. The van der Waals surface area contributed by atoms with Gasteiger partial charge in [-0.05, 0) is 70.3 Å². The van der Waals surface area contributed by atoms with Crippen LogP contribution in [0.1, 0.15) is 174 Å². The summed E-state index contributed by atoms with van der Waals surface area (Å²) in [6, 6.07) is 1.24. The van der Waals surface area contributed by atoms with Crippen molar-refractivity contribution in [2.75, 3.05) is 25.6 Å². The smallest absolute Gasteiger partial charge is 0.462 e. The summed E-state index contributed by atoms with van der Waals surface area (Å²) in [4.78, 5) is 61.9. The molecule has 0 aromatic carbocycles. The first-order valence-electron chi connectivity index (χ1n) is 25.2. The van der Waals surface area contributed by atoms with E-state index in [2.05, 4.69) is 47.4 Å². The van der Waals surface area contributed by atoms with Crippen molar-refractivity contribution in [2.45, 2.75) is 211 Å². The number of aliphatic hydroxyl groups is 4. The third kappa shape index (κ3) is 28.8. The molecule has 9 atom stereocenters. The van der Waals surface area contributed by atoms with Crippen LogP contribution in [0.15, 0.2) is 53.5 Å². The van der Waals surface area contributed by atoms with E-state index >= 15 is 0 Å². The number of carbonyl (C=O) groups excluding carboxylic acids is 2. The van der Waals surface area contributed by atoms with E-state index < -0.39 is 95.9 Å². The van der Waals surface area contributed by atoms with Crippen LogP contribution in [0.5, 0.6) is 0 Å². The highest BCUT2D eigenvalue weighted by molar-refractivity contribution is 7.61. The first-order valence-corrected chi connectivity index (χ1v) is 28.2. The average Bonchev–Trinajstić information content (AvgIpc) is 3.59. The fourth-order valence-electron chi connectivity index (χ4n) is 7.33. The first kappa shape index (κ1) is 63.0. The van der Waals surface area contributed by atoms with E-state index in [0.717, 1.165) is 87.8 Å². The molecule has 1 aromatic rings. The zero-order chi connectivity index (χ0) is 51.6. The van der Waals surface area contributed by atoms with Gasteiger partial charge in [-0.1, -0.05) is 127 Å². The largest absolute Gasteiger partial charge is 0.481 e. The summed E-state index contributed by atoms with van der Waals surface area (Å²) in [6.45, 7) is 1.91. The van der Waals surface area contributed by atoms with E-state index in [4.69, 9.17) is 29.0 Å². The Bertz CT molecular complexity index is 1850. The number of nitrogens with zero attached hydrogens (tertiary/aromatic N) is 2. The lowest BCUT2D eigenvalue weighted by Gasteiger charge is -2.21. The second kappa shape index (κ2) is 36.8. The number of carbonyl (C=O) groups is 2. The van der Waals surface area contributed by atoms with Gasteiger partial charge in [0, 0.05) is 19.0 Å². The maximum absolute atomic E-state index is 12.8. The molecule has 402 valence electrons. The minimum Gasteiger partial charge on any atom is -0.462 e. The molecule has 0 spiro atoms. The number of hydrogen-bond acceptors (Lipinski definition) is 17. The van der Waals surface area contributed by atoms with Gasteiger partial charge < -0.3 is 50.2 Å². The number of anilines is 1. The van der Waals surface area contributed by atoms with Crippen molar-refractivity contribution in [1.29, 1.82) is 0 Å². The molecule has 70 heavy (non-hydrogen) atoms. The van der Waals surface area contributed by atoms with E-state index in [0.29, 0.717) is 38.5 Å². The highest BCUT2D eigenvalue weighted by Gasteiger charge is 2.46. The van der Waals surface area contributed by atoms with Crippen molar-refractivity contribution >= 4 is 33.4 Å². The zero-order valence-corrected chi connectivity index (χ0v) is 43.1. The van der Waals surface area contributed by atoms with Crippen LogP contribution in [0.2, 0.25) is 0 Å². The molecule has 0 saturated carbocycles. The third-order valence-electron chi connectivity index (χ3n) is 11.4. The number of aliphatic hydroxyl groups excluding tert-OH is 4. The van der Waals surface area contributed by atoms with E-state index in [9.17, 15) is 53.7 Å². The fourth-order valence-corrected chi connectivity index (χ4v) is 9.44. The van der Waals surface area contributed by atoms with Gasteiger partial charge in [0.1, 0.15) is 30.7 Å². The summed E-state index contributed by atoms with van der Waals surface area (Å²) < 4.78 is 56.6. The molecule has 0 amide bonds. The average molecular weight is 1040 g/mol. The normalized spacial score (nSPS) is 20.5. The van der Waals surface area contributed by atoms with E-state index in [1.165, 1.54) is 31.7 Å². The molecule has 1 fully saturated rings. The van der Waals surface area contributed by atoms with Crippen LogP contribution in [-0.4, -0.2) is 108 Å². The molecule has 20 nitrogen and oxygen atoms in total. The van der Waals surface area contributed by atoms with Crippen molar-refractivity contribution in [3.05, 3.63) is 59.2 Å². The summed E-state index contributed by atoms with van der Waals surface area (Å²) in [5, 5.41) is 41.4. The number of aromatic nitrogens is 2. The van der Waals surface area contributed by atoms with Crippen molar-refractivity contribution in [2.24, 2.45) is 0 Å². The summed E-state index contributed by atoms with van der Waals surface area (Å²) in [7, 11) is -10.9. The number of unbranched alkanes of at least 4 members (excludes halogenated alkanes) is 16. The van der Waals surface area contributed by atoms with Gasteiger partial charge in [-0.3, -0.25) is 23.2 Å². The number of nitrogens with two attached hydrogens (primary N) is 1. The Hall–Kier alpha value is -3.10. The number of ether oxygens (including phenoxy) is 3. The van der Waals surface area contributed by atoms with E-state index in [-0.39, 0.29) is 18.7 Å². The van der Waals surface area contributed by atoms with Crippen LogP contribution in [0.4, 0.5) is 5.82 Å². The van der Waals surface area contributed by atoms with Crippen LogP contribution in [0.3, 0.4) is 0 Å². The Labute approximate surface area is 413 Å². The van der Waals surface area contributed by atoms with Gasteiger partial charge in [0.25, 0.3) is 0 Å². The Kier molecular flexibility index (Phi) is 33.1. The predicted molar refractivity (Wildman–Crippen MR) is 264 cm³/mol. The van der Waals surface area contributed by atoms with Gasteiger partial charge in [-0.2, -0.15) is 9.29 Å². The van der Waals surface area contributed by atoms with Crippen molar-refractivity contribution < 1.29 is 76.5 Å². The summed E-state index contributed by atoms with van der Waals surface area (Å²) in [5.74, 6) is -1.44. The van der Waals surface area contributed by atoms with Crippen LogP contribution in [0, 0.1) is 0 Å². The summed E-state index contributed by atoms with van der Waals surface area (Å²) in [5.41, 5.74) is 4.57. The van der Waals surface area contributed by atoms with Gasteiger partial charge in [0.15, 0.2) is 12.3 Å². The topological polar surface area (TPSA) is 306 Å². The molecule has 1 saturated heterocycles. The molecular formula is C48H83N3O17P2. The Morgan fingerprint density at radius 2 is 1.30 bits per heavy atom. The molecule has 2 heterocycles. The number of phosphoric ester groups is 2. The fraction of sp³-hybridized carbons (Fsp3) is 0.750. The van der Waals surface area contributed by atoms with Gasteiger partial charge in [0.05, 0.1) is 25.4 Å². The predicted octanol–water partition coefficient (Wildman–Crippen LogP) is 7.94. The molecule has 2 unspecified atom stereocenters. The Morgan fingerprint density at radius 1 is 0.743 bits per heavy atom. The summed E-state index contributed by atoms with van der Waals surface area (Å²) >= 11 is 0. The van der Waals surface area contributed by atoms with E-state index in [1.54, 1.807) is 0 Å². The minimum atomic E-state index is -5.45. The van der Waals surface area contributed by atoms with Crippen LogP contribution in [0.25, 0.3) is 0 Å². The quantitative estimate of drug-likeness (QED) is 0.0108. The lowest BCUT2D eigenvalue weighted by molar-refractivity contribution is -0.161. The Morgan fingerprint density at radius 3 is 1.96 bits per heavy atom. The molecule has 8 N–H and O–H groups in total. The standard InChI is InChI=1S/C48H83N3O17P2/c1-3-5-7-9-11-12-13-14-15-16-17-18-19-23-28-32-44(55)66-38(35-63-43(54)31-27-24-20-22-26-30-40(53)39(52)29-25-21-10-8-6-4-2)36-64-69(59,60)68-70(61,62)65-37-41-45(56)46(57)47(67-41)51-34-33-42(49)50-48(51)58/h12-15,21,25,33-34,38-41,45-47,52-53,56-57H,3-11,16-20,22-24,26-32,35-37H2,1-2H3,(H,59,60)(H,61,62)(H2,49,50,58)/b13-12-,15-14-,25-21-/t38-,39-,40-,41-,45-,46-,47-/m1/s1. The second-order valence-electron chi connectivity index (χ2n) is 17.6. The third-order valence-corrected chi connectivity index (χ3v) is 14.0. The van der Waals surface area contributed by atoms with Crippen LogP contribution >= 0.6 is 15.6 Å². The SMILES string of the molecule is CCCCC/C=C\C[C@@H](O)[C@H](O)CCCCCCCC(=O)OC[C@H](COP(=O)(O)OP(=O)(O)OC[C@H]1O[C@@H](n2ccc(N)nc2=O)[C@H](O)[C@@H]1O)OC(=O)CCCCCCC/C=C\C=C/CCCCCC. The monoisotopic (exact) mass is 1040 g/mol. The molecule has 1 aliphatic rings. The first-order chi connectivity index (χ1) is 33.5. The molecule has 22 heteroatoms. The molecule has 0 radical (unpaired) electrons. The molecule has 2 rings (SSSR count). The number of rotatable bonds is 41. The number of phosphoric acid groups is 2. The molecule has 0 aliphatic carbocycles. The van der Waals surface area contributed by atoms with Crippen molar-refractivity contribution in [3.63, 3.8) is 0 Å². The second-order valence-corrected chi connectivity index (χ2v) is 20.7. The Balaban J connectivity index is 1.84. The number of allylic oxidation sites excluding steroid dienone is 5. The summed E-state index contributed by atoms with van der Waals surface area (Å²) in [6.07, 6.45) is 23.8. The lowest BCUT2D eigenvalue weighted by Crippen LogP contribution is -2.36. The number of hydrogen-bond donors (Lipinski definition) is 7. The highest BCUT2D eigenvalue weighted by Crippen LogP contribution is 2.60. The van der Waals surface area contributed by atoms with Crippen molar-refractivity contribution in [3.8, 4) is 0 Å². The van der Waals surface area contributed by atoms with Gasteiger partial charge >= 0.3 is 33.3 Å². The number of nitrogen functional groups attached to an aromatic ring is 1. The maximum Gasteiger partial charge on any atom is 0.481 e. The van der Waals surface area contributed by atoms with Gasteiger partial charge in [0.2, 0.25) is 0 Å². The van der Waals surface area contributed by atoms with Crippen LogP contribution < -0.4 is 11.4 Å². The molecular weight excluding hydrogens is 952 g/mol. The highest BCUT2D eigenvalue weighted by atomic mass is 31.3. The van der Waals surface area contributed by atoms with Crippen LogP contribution in [-0.2, 0) is 46.3 Å². The maximum atomic E-state index is 12.8. The van der Waals surface area contributed by atoms with E-state index in [1.807, 2.05) is 12.2 Å². The zero-order valence-electron chi connectivity index (χ0n) is 41.3. The molecule has 1 aromatic heterocycles. The number of esters is 2. The van der Waals surface area contributed by atoms with Gasteiger partial charge in [-0.15, -0.1) is 0 Å².